The van der Waals surface area contributed by atoms with Gasteiger partial charge in [-0.2, -0.15) is 5.26 Å². The highest BCUT2D eigenvalue weighted by atomic mass is 32.2. The number of thioether (sulfide) groups is 1. The summed E-state index contributed by atoms with van der Waals surface area (Å²) in [6.07, 6.45) is 0. The van der Waals surface area contributed by atoms with Crippen molar-refractivity contribution in [2.75, 3.05) is 0 Å². The molecule has 2 rings (SSSR count). The highest BCUT2D eigenvalue weighted by Gasteiger charge is 2.04. The van der Waals surface area contributed by atoms with E-state index >= 15 is 0 Å². The molecule has 0 unspecified atom stereocenters. The average molecular weight is 249 g/mol. The van der Waals surface area contributed by atoms with Crippen molar-refractivity contribution in [2.45, 2.75) is 9.96 Å². The average Bonchev–Trinajstić information content (AvgIpc) is 2.80. The quantitative estimate of drug-likeness (QED) is 0.766. The molecule has 0 aliphatic rings. The number of nitriles is 1. The van der Waals surface area contributed by atoms with Gasteiger partial charge in [0.1, 0.15) is 5.82 Å². The third-order valence-electron chi connectivity index (χ3n) is 2.05. The van der Waals surface area contributed by atoms with Gasteiger partial charge >= 0.3 is 0 Å². The Morgan fingerprint density at radius 2 is 2.25 bits per heavy atom. The molecular formula is C12H8FNS2. The lowest BCUT2D eigenvalue weighted by Gasteiger charge is -2.01. The van der Waals surface area contributed by atoms with Gasteiger partial charge in [-0.1, -0.05) is 12.1 Å². The second-order valence-corrected chi connectivity index (χ2v) is 5.36. The van der Waals surface area contributed by atoms with E-state index in [-0.39, 0.29) is 5.82 Å². The fourth-order valence-corrected chi connectivity index (χ4v) is 3.00. The first-order valence-corrected chi connectivity index (χ1v) is 6.51. The molecule has 2 aromatic rings. The molecule has 0 radical (unpaired) electrons. The fraction of sp³-hybridized carbons (Fsp3) is 0.0833. The maximum Gasteiger partial charge on any atom is 0.128 e. The summed E-state index contributed by atoms with van der Waals surface area (Å²) in [7, 11) is 0. The molecule has 0 aliphatic carbocycles. The predicted octanol–water partition coefficient (Wildman–Crippen LogP) is 4.05. The SMILES string of the molecule is N#Cc1ccc(CSc2cccs2)c(F)c1. The summed E-state index contributed by atoms with van der Waals surface area (Å²) in [4.78, 5) is 0. The third-order valence-corrected chi connectivity index (χ3v) is 4.23. The predicted molar refractivity (Wildman–Crippen MR) is 65.0 cm³/mol. The van der Waals surface area contributed by atoms with Gasteiger partial charge in [0.15, 0.2) is 0 Å². The van der Waals surface area contributed by atoms with E-state index in [9.17, 15) is 4.39 Å². The smallest absolute Gasteiger partial charge is 0.128 e. The molecule has 1 aromatic carbocycles. The van der Waals surface area contributed by atoms with Crippen molar-refractivity contribution < 1.29 is 4.39 Å². The zero-order valence-corrected chi connectivity index (χ0v) is 9.95. The summed E-state index contributed by atoms with van der Waals surface area (Å²) in [6, 6.07) is 10.5. The van der Waals surface area contributed by atoms with Crippen LogP contribution in [0.4, 0.5) is 4.39 Å². The van der Waals surface area contributed by atoms with Crippen molar-refractivity contribution in [2.24, 2.45) is 0 Å². The standard InChI is InChI=1S/C12H8FNS2/c13-11-6-9(7-14)3-4-10(11)8-16-12-2-1-5-15-12/h1-6H,8H2. The minimum atomic E-state index is -0.303. The van der Waals surface area contributed by atoms with E-state index in [2.05, 4.69) is 0 Å². The van der Waals surface area contributed by atoms with E-state index in [1.165, 1.54) is 10.3 Å². The molecule has 0 bridgehead atoms. The first-order valence-electron chi connectivity index (χ1n) is 4.64. The van der Waals surface area contributed by atoms with Gasteiger partial charge in [-0.25, -0.2) is 4.39 Å². The van der Waals surface area contributed by atoms with Crippen LogP contribution in [0.3, 0.4) is 0 Å². The molecule has 0 aliphatic heterocycles. The molecule has 0 atom stereocenters. The molecule has 0 amide bonds. The minimum Gasteiger partial charge on any atom is -0.207 e. The second-order valence-electron chi connectivity index (χ2n) is 3.14. The highest BCUT2D eigenvalue weighted by Crippen LogP contribution is 2.27. The number of halogens is 1. The van der Waals surface area contributed by atoms with Gasteiger partial charge in [0.2, 0.25) is 0 Å². The molecule has 1 heterocycles. The normalized spacial score (nSPS) is 10.0. The van der Waals surface area contributed by atoms with Crippen LogP contribution < -0.4 is 0 Å². The first kappa shape index (κ1) is 11.2. The minimum absolute atomic E-state index is 0.303. The van der Waals surface area contributed by atoms with Crippen LogP contribution in [0.15, 0.2) is 39.9 Å². The molecule has 4 heteroatoms. The molecule has 0 spiro atoms. The number of nitrogens with zero attached hydrogens (tertiary/aromatic N) is 1. The lowest BCUT2D eigenvalue weighted by Crippen LogP contribution is -1.88. The zero-order valence-electron chi connectivity index (χ0n) is 8.31. The van der Waals surface area contributed by atoms with E-state index in [1.54, 1.807) is 35.2 Å². The van der Waals surface area contributed by atoms with E-state index in [1.807, 2.05) is 23.6 Å². The van der Waals surface area contributed by atoms with Crippen LogP contribution in [0, 0.1) is 17.1 Å². The molecule has 16 heavy (non-hydrogen) atoms. The number of thiophene rings is 1. The van der Waals surface area contributed by atoms with Gasteiger partial charge in [-0.3, -0.25) is 0 Å². The van der Waals surface area contributed by atoms with Crippen molar-refractivity contribution in [3.8, 4) is 6.07 Å². The van der Waals surface area contributed by atoms with Gasteiger partial charge in [0.25, 0.3) is 0 Å². The van der Waals surface area contributed by atoms with E-state index < -0.39 is 0 Å². The molecule has 0 N–H and O–H groups in total. The first-order chi connectivity index (χ1) is 7.79. The van der Waals surface area contributed by atoms with Crippen LogP contribution in [0.2, 0.25) is 0 Å². The Kier molecular flexibility index (Phi) is 3.60. The Labute approximate surface area is 102 Å². The summed E-state index contributed by atoms with van der Waals surface area (Å²) in [5, 5.41) is 10.6. The molecule has 0 saturated carbocycles. The summed E-state index contributed by atoms with van der Waals surface area (Å²) < 4.78 is 14.7. The topological polar surface area (TPSA) is 23.8 Å². The van der Waals surface area contributed by atoms with Crippen LogP contribution in [-0.4, -0.2) is 0 Å². The van der Waals surface area contributed by atoms with Crippen LogP contribution in [0.5, 0.6) is 0 Å². The van der Waals surface area contributed by atoms with Crippen molar-refractivity contribution in [1.82, 2.24) is 0 Å². The summed E-state index contributed by atoms with van der Waals surface area (Å²) in [5.41, 5.74) is 1.000. The molecule has 1 aromatic heterocycles. The number of rotatable bonds is 3. The number of benzene rings is 1. The molecule has 1 nitrogen and oxygen atoms in total. The Morgan fingerprint density at radius 3 is 2.88 bits per heavy atom. The summed E-state index contributed by atoms with van der Waals surface area (Å²) in [5.74, 6) is 0.293. The van der Waals surface area contributed by atoms with Crippen molar-refractivity contribution in [3.63, 3.8) is 0 Å². The van der Waals surface area contributed by atoms with E-state index in [0.717, 1.165) is 0 Å². The Morgan fingerprint density at radius 1 is 1.38 bits per heavy atom. The van der Waals surface area contributed by atoms with Gasteiger partial charge in [0, 0.05) is 5.75 Å². The maximum absolute atomic E-state index is 13.5. The van der Waals surface area contributed by atoms with Gasteiger partial charge < -0.3 is 0 Å². The van der Waals surface area contributed by atoms with Gasteiger partial charge in [0.05, 0.1) is 15.8 Å². The maximum atomic E-state index is 13.5. The lowest BCUT2D eigenvalue weighted by atomic mass is 10.1. The van der Waals surface area contributed by atoms with Gasteiger partial charge in [-0.05, 0) is 29.1 Å². The largest absolute Gasteiger partial charge is 0.207 e. The van der Waals surface area contributed by atoms with Crippen LogP contribution in [0.1, 0.15) is 11.1 Å². The zero-order chi connectivity index (χ0) is 11.4. The Bertz CT molecular complexity index is 514. The summed E-state index contributed by atoms with van der Waals surface area (Å²) in [6.45, 7) is 0. The molecule has 80 valence electrons. The second kappa shape index (κ2) is 5.15. The molecule has 0 fully saturated rings. The van der Waals surface area contributed by atoms with E-state index in [0.29, 0.717) is 16.9 Å². The van der Waals surface area contributed by atoms with Crippen molar-refractivity contribution in [3.05, 3.63) is 52.7 Å². The lowest BCUT2D eigenvalue weighted by molar-refractivity contribution is 0.617. The van der Waals surface area contributed by atoms with Crippen molar-refractivity contribution >= 4 is 23.1 Å². The highest BCUT2D eigenvalue weighted by molar-refractivity contribution is 8.00. The summed E-state index contributed by atoms with van der Waals surface area (Å²) >= 11 is 3.25. The fourth-order valence-electron chi connectivity index (χ4n) is 1.23. The van der Waals surface area contributed by atoms with Crippen molar-refractivity contribution in [1.29, 1.82) is 5.26 Å². The monoisotopic (exact) mass is 249 g/mol. The van der Waals surface area contributed by atoms with Gasteiger partial charge in [-0.15, -0.1) is 23.1 Å². The van der Waals surface area contributed by atoms with Crippen LogP contribution >= 0.6 is 23.1 Å². The number of hydrogen-bond donors (Lipinski definition) is 0. The van der Waals surface area contributed by atoms with E-state index in [4.69, 9.17) is 5.26 Å². The third kappa shape index (κ3) is 2.63. The van der Waals surface area contributed by atoms with Crippen LogP contribution in [0.25, 0.3) is 0 Å². The molecular weight excluding hydrogens is 241 g/mol. The Balaban J connectivity index is 2.08. The molecule has 0 saturated heterocycles. The van der Waals surface area contributed by atoms with Crippen LogP contribution in [-0.2, 0) is 5.75 Å². The number of hydrogen-bond acceptors (Lipinski definition) is 3. The Hall–Kier alpha value is -1.31.